The average molecular weight is 171 g/mol. The second kappa shape index (κ2) is 4.35. The van der Waals surface area contributed by atoms with E-state index in [1.54, 1.807) is 6.08 Å². The van der Waals surface area contributed by atoms with Gasteiger partial charge in [-0.1, -0.05) is 6.08 Å². The monoisotopic (exact) mass is 171 g/mol. The van der Waals surface area contributed by atoms with Gasteiger partial charge < -0.3 is 14.9 Å². The fourth-order valence-corrected chi connectivity index (χ4v) is 1.03. The van der Waals surface area contributed by atoms with Gasteiger partial charge in [0.05, 0.1) is 18.4 Å². The number of dihydropyridines is 1. The van der Waals surface area contributed by atoms with E-state index in [9.17, 15) is 5.11 Å². The Labute approximate surface area is 71.2 Å². The van der Waals surface area contributed by atoms with Crippen LogP contribution in [0.2, 0.25) is 0 Å². The quantitative estimate of drug-likeness (QED) is 0.574. The number of ether oxygens (including phenoxy) is 1. The van der Waals surface area contributed by atoms with E-state index in [0.717, 1.165) is 6.42 Å². The van der Waals surface area contributed by atoms with Crippen LogP contribution in [-0.4, -0.2) is 42.0 Å². The van der Waals surface area contributed by atoms with E-state index in [2.05, 4.69) is 9.73 Å². The summed E-state index contributed by atoms with van der Waals surface area (Å²) in [6.07, 6.45) is 3.32. The molecule has 0 fully saturated rings. The number of nitrogens with zero attached hydrogens (tertiary/aromatic N) is 1. The van der Waals surface area contributed by atoms with Gasteiger partial charge in [0.15, 0.2) is 6.29 Å². The molecular formula is C8H13NO3. The zero-order valence-electron chi connectivity index (χ0n) is 6.97. The third-order valence-electron chi connectivity index (χ3n) is 1.72. The molecule has 1 aliphatic rings. The summed E-state index contributed by atoms with van der Waals surface area (Å²) in [5.74, 6) is 0. The Morgan fingerprint density at radius 3 is 3.17 bits per heavy atom. The van der Waals surface area contributed by atoms with Crippen LogP contribution in [0.15, 0.2) is 17.1 Å². The molecule has 0 aromatic rings. The number of aliphatic imine (C=N–C) groups is 1. The van der Waals surface area contributed by atoms with Crippen LogP contribution in [0.5, 0.6) is 0 Å². The van der Waals surface area contributed by atoms with E-state index in [-0.39, 0.29) is 12.6 Å². The summed E-state index contributed by atoms with van der Waals surface area (Å²) in [5, 5.41) is 18.0. The first-order chi connectivity index (χ1) is 5.77. The van der Waals surface area contributed by atoms with Crippen molar-refractivity contribution in [3.8, 4) is 0 Å². The summed E-state index contributed by atoms with van der Waals surface area (Å²) < 4.78 is 4.67. The van der Waals surface area contributed by atoms with Gasteiger partial charge in [0, 0.05) is 7.11 Å². The molecule has 2 N–H and O–H groups in total. The summed E-state index contributed by atoms with van der Waals surface area (Å²) in [6, 6.07) is -0.130. The molecule has 0 bridgehead atoms. The Kier molecular flexibility index (Phi) is 3.40. The number of aliphatic hydroxyl groups is 2. The van der Waals surface area contributed by atoms with E-state index in [4.69, 9.17) is 5.11 Å². The molecule has 0 aromatic carbocycles. The maximum atomic E-state index is 9.21. The predicted molar refractivity (Wildman–Crippen MR) is 45.1 cm³/mol. The molecule has 1 aliphatic heterocycles. The van der Waals surface area contributed by atoms with Crippen LogP contribution in [0, 0.1) is 0 Å². The third kappa shape index (κ3) is 2.14. The van der Waals surface area contributed by atoms with Crippen LogP contribution in [0.25, 0.3) is 0 Å². The summed E-state index contributed by atoms with van der Waals surface area (Å²) in [4.78, 5) is 4.08. The van der Waals surface area contributed by atoms with E-state index < -0.39 is 6.29 Å². The second-order valence-corrected chi connectivity index (χ2v) is 2.62. The van der Waals surface area contributed by atoms with Gasteiger partial charge in [0.25, 0.3) is 0 Å². The van der Waals surface area contributed by atoms with E-state index >= 15 is 0 Å². The van der Waals surface area contributed by atoms with Crippen molar-refractivity contribution >= 4 is 5.71 Å². The number of rotatable bonds is 3. The van der Waals surface area contributed by atoms with Crippen LogP contribution in [-0.2, 0) is 4.74 Å². The van der Waals surface area contributed by atoms with Crippen LogP contribution in [0.1, 0.15) is 6.42 Å². The number of hydrogen-bond acceptors (Lipinski definition) is 4. The van der Waals surface area contributed by atoms with Gasteiger partial charge in [-0.3, -0.25) is 4.99 Å². The van der Waals surface area contributed by atoms with E-state index in [1.165, 1.54) is 7.11 Å². The minimum atomic E-state index is -0.976. The number of hydrogen-bond donors (Lipinski definition) is 2. The van der Waals surface area contributed by atoms with Crippen LogP contribution >= 0.6 is 0 Å². The maximum absolute atomic E-state index is 9.21. The second-order valence-electron chi connectivity index (χ2n) is 2.62. The van der Waals surface area contributed by atoms with Crippen LogP contribution in [0.4, 0.5) is 0 Å². The fraction of sp³-hybridized carbons (Fsp3) is 0.625. The first-order valence-corrected chi connectivity index (χ1v) is 3.84. The smallest absolute Gasteiger partial charge is 0.197 e. The molecule has 0 aliphatic carbocycles. The Morgan fingerprint density at radius 1 is 1.83 bits per heavy atom. The van der Waals surface area contributed by atoms with Gasteiger partial charge in [-0.15, -0.1) is 0 Å². The van der Waals surface area contributed by atoms with E-state index in [1.807, 2.05) is 6.08 Å². The molecule has 0 radical (unpaired) electrons. The summed E-state index contributed by atoms with van der Waals surface area (Å²) in [6.45, 7) is 0.00424. The first-order valence-electron chi connectivity index (χ1n) is 3.84. The largest absolute Gasteiger partial charge is 0.394 e. The Bertz CT molecular complexity index is 198. The lowest BCUT2D eigenvalue weighted by atomic mass is 10.1. The van der Waals surface area contributed by atoms with Gasteiger partial charge in [-0.25, -0.2) is 0 Å². The minimum Gasteiger partial charge on any atom is -0.394 e. The van der Waals surface area contributed by atoms with Crippen molar-refractivity contribution in [2.45, 2.75) is 18.8 Å². The zero-order chi connectivity index (χ0) is 8.97. The third-order valence-corrected chi connectivity index (χ3v) is 1.72. The Morgan fingerprint density at radius 2 is 2.58 bits per heavy atom. The van der Waals surface area contributed by atoms with Crippen molar-refractivity contribution in [3.63, 3.8) is 0 Å². The predicted octanol–water partition coefficient (Wildman–Crippen LogP) is -0.287. The molecule has 12 heavy (non-hydrogen) atoms. The molecule has 4 nitrogen and oxygen atoms in total. The number of methoxy groups -OCH3 is 1. The van der Waals surface area contributed by atoms with Crippen molar-refractivity contribution in [2.75, 3.05) is 13.7 Å². The molecule has 0 spiro atoms. The number of aliphatic hydroxyl groups excluding tert-OH is 2. The summed E-state index contributed by atoms with van der Waals surface area (Å²) >= 11 is 0. The van der Waals surface area contributed by atoms with Gasteiger partial charge in [-0.05, 0) is 12.5 Å². The molecular weight excluding hydrogens is 158 g/mol. The lowest BCUT2D eigenvalue weighted by Crippen LogP contribution is -2.26. The van der Waals surface area contributed by atoms with Crippen molar-refractivity contribution < 1.29 is 14.9 Å². The summed E-state index contributed by atoms with van der Waals surface area (Å²) in [5.41, 5.74) is 0.475. The lowest BCUT2D eigenvalue weighted by Gasteiger charge is -2.16. The van der Waals surface area contributed by atoms with E-state index in [0.29, 0.717) is 5.71 Å². The molecule has 68 valence electrons. The van der Waals surface area contributed by atoms with Gasteiger partial charge in [0.2, 0.25) is 0 Å². The molecule has 0 aromatic heterocycles. The SMILES string of the molecule is COC(O)C1=NC(CO)CC=C1. The van der Waals surface area contributed by atoms with Crippen molar-refractivity contribution in [1.29, 1.82) is 0 Å². The minimum absolute atomic E-state index is 0.00424. The first kappa shape index (κ1) is 9.38. The fourth-order valence-electron chi connectivity index (χ4n) is 1.03. The topological polar surface area (TPSA) is 62.0 Å². The lowest BCUT2D eigenvalue weighted by molar-refractivity contribution is -0.0197. The van der Waals surface area contributed by atoms with Crippen molar-refractivity contribution in [1.82, 2.24) is 0 Å². The van der Waals surface area contributed by atoms with Gasteiger partial charge >= 0.3 is 0 Å². The highest BCUT2D eigenvalue weighted by atomic mass is 16.6. The molecule has 1 heterocycles. The highest BCUT2D eigenvalue weighted by Crippen LogP contribution is 2.08. The van der Waals surface area contributed by atoms with Gasteiger partial charge in [0.1, 0.15) is 0 Å². The zero-order valence-corrected chi connectivity index (χ0v) is 6.97. The molecule has 2 unspecified atom stereocenters. The Hall–Kier alpha value is -0.710. The Balaban J connectivity index is 2.63. The highest BCUT2D eigenvalue weighted by molar-refractivity contribution is 5.98. The molecule has 0 saturated carbocycles. The van der Waals surface area contributed by atoms with Gasteiger partial charge in [-0.2, -0.15) is 0 Å². The standard InChI is InChI=1S/C8H13NO3/c1-12-8(11)7-4-2-3-6(5-10)9-7/h2,4,6,8,10-11H,3,5H2,1H3. The normalized spacial score (nSPS) is 25.2. The average Bonchev–Trinajstić information content (AvgIpc) is 2.17. The van der Waals surface area contributed by atoms with Crippen LogP contribution < -0.4 is 0 Å². The van der Waals surface area contributed by atoms with Crippen molar-refractivity contribution in [3.05, 3.63) is 12.2 Å². The molecule has 2 atom stereocenters. The molecule has 4 heteroatoms. The summed E-state index contributed by atoms with van der Waals surface area (Å²) in [7, 11) is 1.41. The maximum Gasteiger partial charge on any atom is 0.197 e. The van der Waals surface area contributed by atoms with Crippen LogP contribution in [0.3, 0.4) is 0 Å². The highest BCUT2D eigenvalue weighted by Gasteiger charge is 2.14. The molecule has 0 saturated heterocycles. The molecule has 0 amide bonds. The van der Waals surface area contributed by atoms with Crippen molar-refractivity contribution in [2.24, 2.45) is 4.99 Å². The molecule has 1 rings (SSSR count).